The Labute approximate surface area is 127 Å². The third-order valence-corrected chi connectivity index (χ3v) is 3.51. The first-order chi connectivity index (χ1) is 9.92. The van der Waals surface area contributed by atoms with Crippen LogP contribution >= 0.6 is 0 Å². The lowest BCUT2D eigenvalue weighted by Gasteiger charge is -2.24. The SMILES string of the molecule is CCCNC(CC)c1ccccc1OCC(C)(C)C(=O)O. The van der Waals surface area contributed by atoms with Crippen LogP contribution in [0, 0.1) is 5.41 Å². The van der Waals surface area contributed by atoms with Crippen molar-refractivity contribution < 1.29 is 14.6 Å². The van der Waals surface area contributed by atoms with Crippen LogP contribution in [0.5, 0.6) is 5.75 Å². The van der Waals surface area contributed by atoms with Gasteiger partial charge in [0, 0.05) is 11.6 Å². The van der Waals surface area contributed by atoms with E-state index < -0.39 is 11.4 Å². The van der Waals surface area contributed by atoms with E-state index in [1.165, 1.54) is 0 Å². The minimum absolute atomic E-state index is 0.156. The zero-order chi connectivity index (χ0) is 15.9. The lowest BCUT2D eigenvalue weighted by Crippen LogP contribution is -2.31. The van der Waals surface area contributed by atoms with Crippen LogP contribution < -0.4 is 10.1 Å². The van der Waals surface area contributed by atoms with E-state index in [-0.39, 0.29) is 12.6 Å². The molecule has 1 aromatic carbocycles. The highest BCUT2D eigenvalue weighted by atomic mass is 16.5. The van der Waals surface area contributed by atoms with Crippen molar-refractivity contribution in [3.63, 3.8) is 0 Å². The average molecular weight is 293 g/mol. The standard InChI is InChI=1S/C17H27NO3/c1-5-11-18-14(6-2)13-9-7-8-10-15(13)21-12-17(3,4)16(19)20/h7-10,14,18H,5-6,11-12H2,1-4H3,(H,19,20). The first-order valence-electron chi connectivity index (χ1n) is 7.60. The molecule has 0 aromatic heterocycles. The summed E-state index contributed by atoms with van der Waals surface area (Å²) in [7, 11) is 0. The first-order valence-corrected chi connectivity index (χ1v) is 7.60. The van der Waals surface area contributed by atoms with E-state index in [0.29, 0.717) is 0 Å². The van der Waals surface area contributed by atoms with Gasteiger partial charge in [-0.1, -0.05) is 32.0 Å². The predicted octanol–water partition coefficient (Wildman–Crippen LogP) is 3.63. The number of carboxylic acid groups (broad SMARTS) is 1. The average Bonchev–Trinajstić information content (AvgIpc) is 2.47. The van der Waals surface area contributed by atoms with Gasteiger partial charge in [0.05, 0.1) is 5.41 Å². The zero-order valence-electron chi connectivity index (χ0n) is 13.5. The Kier molecular flexibility index (Phi) is 6.69. The van der Waals surface area contributed by atoms with Gasteiger partial charge in [-0.15, -0.1) is 0 Å². The second-order valence-electron chi connectivity index (χ2n) is 5.93. The van der Waals surface area contributed by atoms with E-state index in [1.54, 1.807) is 13.8 Å². The molecule has 0 radical (unpaired) electrons. The third-order valence-electron chi connectivity index (χ3n) is 3.51. The lowest BCUT2D eigenvalue weighted by molar-refractivity contribution is -0.148. The van der Waals surface area contributed by atoms with Gasteiger partial charge >= 0.3 is 5.97 Å². The van der Waals surface area contributed by atoms with E-state index in [1.807, 2.05) is 24.3 Å². The fourth-order valence-corrected chi connectivity index (χ4v) is 2.01. The van der Waals surface area contributed by atoms with Crippen LogP contribution in [0.4, 0.5) is 0 Å². The van der Waals surface area contributed by atoms with Gasteiger partial charge in [0.25, 0.3) is 0 Å². The van der Waals surface area contributed by atoms with Crippen molar-refractivity contribution in [2.75, 3.05) is 13.2 Å². The van der Waals surface area contributed by atoms with Crippen LogP contribution in [0.1, 0.15) is 52.1 Å². The summed E-state index contributed by atoms with van der Waals surface area (Å²) in [4.78, 5) is 11.2. The largest absolute Gasteiger partial charge is 0.492 e. The summed E-state index contributed by atoms with van der Waals surface area (Å²) in [6, 6.07) is 8.08. The molecule has 1 atom stereocenters. The molecule has 0 aliphatic carbocycles. The van der Waals surface area contributed by atoms with Crippen molar-refractivity contribution in [1.82, 2.24) is 5.32 Å². The molecule has 0 saturated heterocycles. The van der Waals surface area contributed by atoms with Gasteiger partial charge in [-0.2, -0.15) is 0 Å². The van der Waals surface area contributed by atoms with E-state index >= 15 is 0 Å². The summed E-state index contributed by atoms with van der Waals surface area (Å²) in [5.74, 6) is -0.0848. The van der Waals surface area contributed by atoms with Gasteiger partial charge in [-0.25, -0.2) is 0 Å². The van der Waals surface area contributed by atoms with Crippen molar-refractivity contribution in [3.8, 4) is 5.75 Å². The van der Waals surface area contributed by atoms with Crippen LogP contribution in [0.15, 0.2) is 24.3 Å². The number of para-hydroxylation sites is 1. The van der Waals surface area contributed by atoms with E-state index in [9.17, 15) is 4.79 Å². The van der Waals surface area contributed by atoms with Gasteiger partial charge in [0.1, 0.15) is 12.4 Å². The Morgan fingerprint density at radius 1 is 1.33 bits per heavy atom. The Morgan fingerprint density at radius 3 is 2.57 bits per heavy atom. The molecule has 4 heteroatoms. The van der Waals surface area contributed by atoms with Gasteiger partial charge in [0.2, 0.25) is 0 Å². The maximum Gasteiger partial charge on any atom is 0.312 e. The Balaban J connectivity index is 2.85. The number of carboxylic acids is 1. The lowest BCUT2D eigenvalue weighted by atomic mass is 9.95. The minimum atomic E-state index is -0.897. The molecule has 1 rings (SSSR count). The molecule has 1 unspecified atom stereocenters. The quantitative estimate of drug-likeness (QED) is 0.730. The van der Waals surface area contributed by atoms with Crippen LogP contribution in [-0.4, -0.2) is 24.2 Å². The summed E-state index contributed by atoms with van der Waals surface area (Å²) in [5, 5.41) is 12.7. The molecule has 0 amide bonds. The van der Waals surface area contributed by atoms with Gasteiger partial charge in [-0.05, 0) is 39.3 Å². The number of nitrogens with one attached hydrogen (secondary N) is 1. The molecular weight excluding hydrogens is 266 g/mol. The molecule has 1 aromatic rings. The van der Waals surface area contributed by atoms with E-state index in [0.717, 1.165) is 30.7 Å². The maximum absolute atomic E-state index is 11.2. The second kappa shape index (κ2) is 8.03. The zero-order valence-corrected chi connectivity index (χ0v) is 13.5. The number of rotatable bonds is 9. The molecule has 0 spiro atoms. The molecule has 0 aliphatic heterocycles. The highest BCUT2D eigenvalue weighted by Gasteiger charge is 2.28. The molecule has 4 nitrogen and oxygen atoms in total. The highest BCUT2D eigenvalue weighted by Crippen LogP contribution is 2.28. The first kappa shape index (κ1) is 17.5. The molecule has 0 aliphatic rings. The van der Waals surface area contributed by atoms with Crippen molar-refractivity contribution in [3.05, 3.63) is 29.8 Å². The van der Waals surface area contributed by atoms with Crippen molar-refractivity contribution in [1.29, 1.82) is 0 Å². The summed E-state index contributed by atoms with van der Waals surface area (Å²) in [6.07, 6.45) is 2.04. The Hall–Kier alpha value is -1.55. The highest BCUT2D eigenvalue weighted by molar-refractivity contribution is 5.73. The molecule has 0 fully saturated rings. The van der Waals surface area contributed by atoms with Crippen LogP contribution in [0.25, 0.3) is 0 Å². The monoisotopic (exact) mass is 293 g/mol. The van der Waals surface area contributed by atoms with Crippen LogP contribution in [-0.2, 0) is 4.79 Å². The molecule has 2 N–H and O–H groups in total. The number of carbonyl (C=O) groups is 1. The smallest absolute Gasteiger partial charge is 0.312 e. The minimum Gasteiger partial charge on any atom is -0.492 e. The van der Waals surface area contributed by atoms with Gasteiger partial charge < -0.3 is 15.2 Å². The predicted molar refractivity (Wildman–Crippen MR) is 84.7 cm³/mol. The second-order valence-corrected chi connectivity index (χ2v) is 5.93. The summed E-state index contributed by atoms with van der Waals surface area (Å²) in [6.45, 7) is 8.72. The summed E-state index contributed by atoms with van der Waals surface area (Å²) in [5.41, 5.74) is 0.195. The van der Waals surface area contributed by atoms with Crippen LogP contribution in [0.2, 0.25) is 0 Å². The van der Waals surface area contributed by atoms with Crippen molar-refractivity contribution in [2.45, 2.75) is 46.6 Å². The normalized spacial score (nSPS) is 13.0. The molecule has 0 heterocycles. The number of aliphatic carboxylic acids is 1. The number of hydrogen-bond acceptors (Lipinski definition) is 3. The third kappa shape index (κ3) is 5.05. The fraction of sp³-hybridized carbons (Fsp3) is 0.588. The number of benzene rings is 1. The van der Waals surface area contributed by atoms with E-state index in [2.05, 4.69) is 19.2 Å². The van der Waals surface area contributed by atoms with Crippen LogP contribution in [0.3, 0.4) is 0 Å². The van der Waals surface area contributed by atoms with Gasteiger partial charge in [-0.3, -0.25) is 4.79 Å². The van der Waals surface area contributed by atoms with Crippen molar-refractivity contribution >= 4 is 5.97 Å². The molecular formula is C17H27NO3. The fourth-order valence-electron chi connectivity index (χ4n) is 2.01. The topological polar surface area (TPSA) is 58.6 Å². The maximum atomic E-state index is 11.2. The molecule has 0 bridgehead atoms. The molecule has 118 valence electrons. The molecule has 21 heavy (non-hydrogen) atoms. The van der Waals surface area contributed by atoms with E-state index in [4.69, 9.17) is 9.84 Å². The van der Waals surface area contributed by atoms with Crippen molar-refractivity contribution in [2.24, 2.45) is 5.41 Å². The Morgan fingerprint density at radius 2 is 2.00 bits per heavy atom. The number of hydrogen-bond donors (Lipinski definition) is 2. The molecule has 0 saturated carbocycles. The van der Waals surface area contributed by atoms with Gasteiger partial charge in [0.15, 0.2) is 0 Å². The Bertz CT molecular complexity index is 457. The summed E-state index contributed by atoms with van der Waals surface area (Å²) < 4.78 is 5.81. The number of ether oxygens (including phenoxy) is 1. The summed E-state index contributed by atoms with van der Waals surface area (Å²) >= 11 is 0.